The average Bonchev–Trinajstić information content (AvgIpc) is 3.16. The van der Waals surface area contributed by atoms with Gasteiger partial charge in [-0.15, -0.1) is 13.2 Å². The highest BCUT2D eigenvalue weighted by Crippen LogP contribution is 2.23. The molecule has 0 aliphatic rings. The minimum absolute atomic E-state index is 0.0216. The van der Waals surface area contributed by atoms with Gasteiger partial charge in [0.1, 0.15) is 23.0 Å². The smallest absolute Gasteiger partial charge is 0.411 e. The normalized spacial score (nSPS) is 12.1. The molecule has 1 heterocycles. The van der Waals surface area contributed by atoms with E-state index in [0.717, 1.165) is 12.1 Å². The van der Waals surface area contributed by atoms with Gasteiger partial charge in [0.15, 0.2) is 11.5 Å². The summed E-state index contributed by atoms with van der Waals surface area (Å²) in [5.74, 6) is -1.42. The van der Waals surface area contributed by atoms with Crippen molar-refractivity contribution in [3.05, 3.63) is 75.3 Å². The fraction of sp³-hybridized carbons (Fsp3) is 0.158. The molecule has 0 fully saturated rings. The van der Waals surface area contributed by atoms with Crippen LogP contribution in [0.4, 0.5) is 17.6 Å². The molecule has 0 unspecified atom stereocenters. The second-order valence-electron chi connectivity index (χ2n) is 6.20. The first-order valence-corrected chi connectivity index (χ1v) is 9.31. The van der Waals surface area contributed by atoms with Crippen molar-refractivity contribution in [2.24, 2.45) is 5.16 Å². The van der Waals surface area contributed by atoms with Crippen LogP contribution in [-0.2, 0) is 12.8 Å². The number of alkyl halides is 3. The summed E-state index contributed by atoms with van der Waals surface area (Å²) in [6, 6.07) is 8.57. The first kappa shape index (κ1) is 22.4. The third-order valence-corrected chi connectivity index (χ3v) is 4.65. The van der Waals surface area contributed by atoms with Crippen LogP contribution in [0.1, 0.15) is 27.3 Å². The molecule has 3 rings (SSSR count). The third-order valence-electron chi connectivity index (χ3n) is 4.04. The lowest BCUT2D eigenvalue weighted by atomic mass is 10.0. The van der Waals surface area contributed by atoms with E-state index in [1.54, 1.807) is 0 Å². The fourth-order valence-electron chi connectivity index (χ4n) is 2.65. The largest absolute Gasteiger partial charge is 0.573 e. The van der Waals surface area contributed by atoms with E-state index in [4.69, 9.17) is 0 Å². The zero-order chi connectivity index (χ0) is 22.6. The van der Waals surface area contributed by atoms with Crippen LogP contribution in [0.2, 0.25) is 0 Å². The Hall–Kier alpha value is -3.28. The molecule has 3 aromatic rings. The number of oxime groups is 1. The number of hydrogen-bond donors (Lipinski definition) is 1. The Kier molecular flexibility index (Phi) is 6.68. The van der Waals surface area contributed by atoms with E-state index in [0.29, 0.717) is 5.56 Å². The van der Waals surface area contributed by atoms with E-state index in [1.165, 1.54) is 30.3 Å². The van der Waals surface area contributed by atoms with Gasteiger partial charge >= 0.3 is 6.36 Å². The first-order chi connectivity index (χ1) is 14.7. The van der Waals surface area contributed by atoms with E-state index < -0.39 is 23.7 Å². The minimum atomic E-state index is -4.84. The van der Waals surface area contributed by atoms with E-state index in [2.05, 4.69) is 40.8 Å². The van der Waals surface area contributed by atoms with Crippen molar-refractivity contribution in [3.8, 4) is 5.75 Å². The van der Waals surface area contributed by atoms with Crippen molar-refractivity contribution in [1.29, 1.82) is 0 Å². The molecule has 0 saturated carbocycles. The van der Waals surface area contributed by atoms with Crippen LogP contribution in [0.5, 0.6) is 5.75 Å². The highest BCUT2D eigenvalue weighted by Gasteiger charge is 2.31. The quantitative estimate of drug-likeness (QED) is 0.165. The number of aromatic nitrogens is 2. The predicted octanol–water partition coefficient (Wildman–Crippen LogP) is 4.72. The molecule has 1 N–H and O–H groups in total. The number of rotatable bonds is 7. The van der Waals surface area contributed by atoms with Crippen LogP contribution in [0.15, 0.2) is 56.7 Å². The number of carbonyl (C=O) groups is 1. The zero-order valence-electron chi connectivity index (χ0n) is 15.4. The molecule has 0 aliphatic heterocycles. The molecule has 12 heteroatoms. The molecule has 31 heavy (non-hydrogen) atoms. The van der Waals surface area contributed by atoms with Gasteiger partial charge in [-0.25, -0.2) is 9.02 Å². The fourth-order valence-corrected chi connectivity index (χ4v) is 3.07. The minimum Gasteiger partial charge on any atom is -0.411 e. The molecule has 162 valence electrons. The lowest BCUT2D eigenvalue weighted by Crippen LogP contribution is -2.17. The van der Waals surface area contributed by atoms with Crippen LogP contribution in [0, 0.1) is 5.82 Å². The molecule has 0 radical (unpaired) electrons. The summed E-state index contributed by atoms with van der Waals surface area (Å²) >= 11 is 3.06. The summed E-state index contributed by atoms with van der Waals surface area (Å²) in [6.45, 7) is 0. The van der Waals surface area contributed by atoms with Gasteiger partial charge in [-0.3, -0.25) is 4.79 Å². The van der Waals surface area contributed by atoms with E-state index in [1.807, 2.05) is 0 Å². The Morgan fingerprint density at radius 3 is 2.45 bits per heavy atom. The van der Waals surface area contributed by atoms with E-state index >= 15 is 0 Å². The topological polar surface area (TPSA) is 97.8 Å². The highest BCUT2D eigenvalue weighted by molar-refractivity contribution is 9.10. The summed E-state index contributed by atoms with van der Waals surface area (Å²) in [5, 5.41) is 19.9. The standard InChI is InChI=1S/C19H12BrF4N3O4/c20-13-7-10(1-6-14(13)21)8-15(25-29)18-16(26-31-27-18)9-17(28)11-2-4-12(5-3-11)30-19(22,23)24/h1-7,29H,8-9H2/b25-15+. The number of carbonyl (C=O) groups excluding carboxylic acids is 1. The number of hydrogen-bond acceptors (Lipinski definition) is 7. The summed E-state index contributed by atoms with van der Waals surface area (Å²) in [6.07, 6.45) is -5.12. The number of Topliss-reactive ketones (excluding diaryl/α,β-unsaturated/α-hetero) is 1. The molecule has 0 atom stereocenters. The zero-order valence-corrected chi connectivity index (χ0v) is 16.9. The second kappa shape index (κ2) is 9.25. The number of nitrogens with zero attached hydrogens (tertiary/aromatic N) is 3. The Morgan fingerprint density at radius 2 is 1.84 bits per heavy atom. The Morgan fingerprint density at radius 1 is 1.13 bits per heavy atom. The van der Waals surface area contributed by atoms with Gasteiger partial charge in [0, 0.05) is 12.0 Å². The maximum atomic E-state index is 13.4. The molecule has 0 bridgehead atoms. The second-order valence-corrected chi connectivity index (χ2v) is 7.06. The Labute approximate surface area is 180 Å². The molecule has 7 nitrogen and oxygen atoms in total. The lowest BCUT2D eigenvalue weighted by molar-refractivity contribution is -0.274. The van der Waals surface area contributed by atoms with Crippen molar-refractivity contribution in [2.45, 2.75) is 19.2 Å². The molecule has 0 aliphatic carbocycles. The van der Waals surface area contributed by atoms with Crippen molar-refractivity contribution >= 4 is 27.4 Å². The van der Waals surface area contributed by atoms with Crippen molar-refractivity contribution in [1.82, 2.24) is 10.3 Å². The van der Waals surface area contributed by atoms with Crippen LogP contribution in [-0.4, -0.2) is 33.4 Å². The monoisotopic (exact) mass is 501 g/mol. The van der Waals surface area contributed by atoms with Gasteiger partial charge in [0.05, 0.1) is 10.9 Å². The summed E-state index contributed by atoms with van der Waals surface area (Å²) in [4.78, 5) is 12.5. The average molecular weight is 502 g/mol. The number of benzene rings is 2. The molecule has 0 amide bonds. The van der Waals surface area contributed by atoms with Crippen LogP contribution in [0.25, 0.3) is 0 Å². The lowest BCUT2D eigenvalue weighted by Gasteiger charge is -2.09. The van der Waals surface area contributed by atoms with E-state index in [9.17, 15) is 27.6 Å². The predicted molar refractivity (Wildman–Crippen MR) is 102 cm³/mol. The van der Waals surface area contributed by atoms with Gasteiger partial charge in [-0.05, 0) is 63.0 Å². The Balaban J connectivity index is 1.74. The van der Waals surface area contributed by atoms with Gasteiger partial charge in [0.25, 0.3) is 0 Å². The van der Waals surface area contributed by atoms with Crippen molar-refractivity contribution in [2.75, 3.05) is 0 Å². The Bertz CT molecular complexity index is 1110. The maximum absolute atomic E-state index is 13.4. The molecule has 2 aromatic carbocycles. The molecular formula is C19H12BrF4N3O4. The summed E-state index contributed by atoms with van der Waals surface area (Å²) in [7, 11) is 0. The SMILES string of the molecule is O=C(Cc1nonc1/C(Cc1ccc(F)c(Br)c1)=N/O)c1ccc(OC(F)(F)F)cc1. The van der Waals surface area contributed by atoms with E-state index in [-0.39, 0.29) is 40.0 Å². The van der Waals surface area contributed by atoms with Crippen LogP contribution >= 0.6 is 15.9 Å². The molecule has 1 aromatic heterocycles. The van der Waals surface area contributed by atoms with Crippen molar-refractivity contribution in [3.63, 3.8) is 0 Å². The van der Waals surface area contributed by atoms with Gasteiger partial charge in [-0.2, -0.15) is 0 Å². The van der Waals surface area contributed by atoms with Gasteiger partial charge in [0.2, 0.25) is 0 Å². The summed E-state index contributed by atoms with van der Waals surface area (Å²) in [5.41, 5.74) is 0.800. The maximum Gasteiger partial charge on any atom is 0.573 e. The van der Waals surface area contributed by atoms with Crippen molar-refractivity contribution < 1.29 is 36.9 Å². The number of ketones is 1. The van der Waals surface area contributed by atoms with Crippen LogP contribution < -0.4 is 4.74 Å². The summed E-state index contributed by atoms with van der Waals surface area (Å²) < 4.78 is 58.7. The first-order valence-electron chi connectivity index (χ1n) is 8.52. The number of halogens is 5. The van der Waals surface area contributed by atoms with Crippen LogP contribution in [0.3, 0.4) is 0 Å². The third kappa shape index (κ3) is 5.87. The molecular weight excluding hydrogens is 490 g/mol. The highest BCUT2D eigenvalue weighted by atomic mass is 79.9. The molecule has 0 spiro atoms. The number of ether oxygens (including phenoxy) is 1. The van der Waals surface area contributed by atoms with Gasteiger partial charge in [-0.1, -0.05) is 16.4 Å². The molecule has 0 saturated heterocycles. The van der Waals surface area contributed by atoms with Gasteiger partial charge < -0.3 is 9.94 Å².